The molecule has 0 amide bonds. The third kappa shape index (κ3) is 2.23. The van der Waals surface area contributed by atoms with Crippen molar-refractivity contribution in [2.45, 2.75) is 45.3 Å². The Hall–Kier alpha value is -0.610. The van der Waals surface area contributed by atoms with E-state index < -0.39 is 11.4 Å². The van der Waals surface area contributed by atoms with Crippen LogP contribution in [0.4, 0.5) is 0 Å². The summed E-state index contributed by atoms with van der Waals surface area (Å²) >= 11 is 0. The Labute approximate surface area is 96.6 Å². The van der Waals surface area contributed by atoms with Crippen molar-refractivity contribution in [3.63, 3.8) is 0 Å². The minimum absolute atomic E-state index is 0.346. The minimum atomic E-state index is -0.714. The van der Waals surface area contributed by atoms with Crippen molar-refractivity contribution in [3.05, 3.63) is 0 Å². The maximum absolute atomic E-state index is 11.1. The Kier molecular flexibility index (Phi) is 3.22. The Morgan fingerprint density at radius 3 is 2.94 bits per heavy atom. The average molecular weight is 227 g/mol. The predicted octanol–water partition coefficient (Wildman–Crippen LogP) is 1.35. The number of morpholine rings is 1. The lowest BCUT2D eigenvalue weighted by Gasteiger charge is -2.40. The molecule has 1 aliphatic carbocycles. The molecule has 2 unspecified atom stereocenters. The molecule has 2 rings (SSSR count). The molecule has 0 spiro atoms. The third-order valence-electron chi connectivity index (χ3n) is 3.77. The van der Waals surface area contributed by atoms with Crippen molar-refractivity contribution in [1.29, 1.82) is 0 Å². The molecule has 2 fully saturated rings. The average Bonchev–Trinajstić information content (AvgIpc) is 2.65. The zero-order chi connectivity index (χ0) is 11.8. The first-order valence-corrected chi connectivity index (χ1v) is 6.10. The number of rotatable bonds is 3. The summed E-state index contributed by atoms with van der Waals surface area (Å²) < 4.78 is 5.72. The zero-order valence-corrected chi connectivity index (χ0v) is 10.1. The van der Waals surface area contributed by atoms with Crippen LogP contribution in [-0.4, -0.2) is 47.8 Å². The summed E-state index contributed by atoms with van der Waals surface area (Å²) in [5.41, 5.74) is -0.662. The number of carboxylic acids is 1. The first-order chi connectivity index (χ1) is 7.50. The number of carboxylic acid groups (broad SMARTS) is 1. The van der Waals surface area contributed by atoms with Crippen LogP contribution < -0.4 is 0 Å². The van der Waals surface area contributed by atoms with Gasteiger partial charge in [-0.3, -0.25) is 9.69 Å². The van der Waals surface area contributed by atoms with Gasteiger partial charge in [-0.1, -0.05) is 0 Å². The maximum atomic E-state index is 11.1. The van der Waals surface area contributed by atoms with Crippen LogP contribution in [0.2, 0.25) is 0 Å². The van der Waals surface area contributed by atoms with Gasteiger partial charge >= 0.3 is 5.97 Å². The van der Waals surface area contributed by atoms with Crippen LogP contribution in [0.1, 0.15) is 33.1 Å². The van der Waals surface area contributed by atoms with Gasteiger partial charge < -0.3 is 9.84 Å². The molecule has 16 heavy (non-hydrogen) atoms. The summed E-state index contributed by atoms with van der Waals surface area (Å²) in [4.78, 5) is 13.4. The van der Waals surface area contributed by atoms with Crippen LogP contribution in [0.15, 0.2) is 0 Å². The van der Waals surface area contributed by atoms with Gasteiger partial charge in [-0.25, -0.2) is 0 Å². The monoisotopic (exact) mass is 227 g/mol. The highest BCUT2D eigenvalue weighted by Crippen LogP contribution is 2.31. The molecule has 0 aromatic rings. The van der Waals surface area contributed by atoms with Gasteiger partial charge in [-0.15, -0.1) is 0 Å². The second-order valence-electron chi connectivity index (χ2n) is 5.57. The smallest absolute Gasteiger partial charge is 0.310 e. The Morgan fingerprint density at radius 2 is 2.25 bits per heavy atom. The fourth-order valence-electron chi connectivity index (χ4n) is 2.78. The first kappa shape index (κ1) is 11.9. The van der Waals surface area contributed by atoms with E-state index >= 15 is 0 Å². The van der Waals surface area contributed by atoms with Crippen LogP contribution in [0, 0.1) is 5.41 Å². The predicted molar refractivity (Wildman–Crippen MR) is 60.4 cm³/mol. The molecule has 4 heteroatoms. The summed E-state index contributed by atoms with van der Waals surface area (Å²) in [6.07, 6.45) is 3.84. The fraction of sp³-hybridized carbons (Fsp3) is 0.917. The SMILES string of the molecule is CC(C)(CN1CCOC2CCCC21)C(=O)O. The molecular weight excluding hydrogens is 206 g/mol. The molecule has 1 saturated carbocycles. The minimum Gasteiger partial charge on any atom is -0.481 e. The molecular formula is C12H21NO3. The maximum Gasteiger partial charge on any atom is 0.310 e. The van der Waals surface area contributed by atoms with Gasteiger partial charge in [0, 0.05) is 19.1 Å². The highest BCUT2D eigenvalue weighted by Gasteiger charge is 2.39. The van der Waals surface area contributed by atoms with Crippen LogP contribution in [0.5, 0.6) is 0 Å². The molecule has 2 aliphatic rings. The van der Waals surface area contributed by atoms with Gasteiger partial charge in [0.2, 0.25) is 0 Å². The zero-order valence-electron chi connectivity index (χ0n) is 10.1. The third-order valence-corrected chi connectivity index (χ3v) is 3.77. The van der Waals surface area contributed by atoms with E-state index in [1.807, 2.05) is 0 Å². The van der Waals surface area contributed by atoms with E-state index in [9.17, 15) is 4.79 Å². The van der Waals surface area contributed by atoms with Gasteiger partial charge in [0.25, 0.3) is 0 Å². The van der Waals surface area contributed by atoms with E-state index in [4.69, 9.17) is 9.84 Å². The van der Waals surface area contributed by atoms with E-state index in [0.717, 1.165) is 26.0 Å². The molecule has 0 bridgehead atoms. The Balaban J connectivity index is 2.01. The van der Waals surface area contributed by atoms with Crippen LogP contribution in [0.3, 0.4) is 0 Å². The molecule has 0 aromatic carbocycles. The quantitative estimate of drug-likeness (QED) is 0.790. The van der Waals surface area contributed by atoms with Crippen molar-refractivity contribution >= 4 is 5.97 Å². The topological polar surface area (TPSA) is 49.8 Å². The molecule has 2 atom stereocenters. The van der Waals surface area contributed by atoms with E-state index in [0.29, 0.717) is 18.7 Å². The number of nitrogens with zero attached hydrogens (tertiary/aromatic N) is 1. The van der Waals surface area contributed by atoms with E-state index in [-0.39, 0.29) is 0 Å². The highest BCUT2D eigenvalue weighted by molar-refractivity contribution is 5.73. The molecule has 4 nitrogen and oxygen atoms in total. The number of aliphatic carboxylic acids is 1. The fourth-order valence-corrected chi connectivity index (χ4v) is 2.78. The summed E-state index contributed by atoms with van der Waals surface area (Å²) in [5.74, 6) is -0.714. The van der Waals surface area contributed by atoms with E-state index in [1.165, 1.54) is 6.42 Å². The number of ether oxygens (including phenoxy) is 1. The number of hydrogen-bond donors (Lipinski definition) is 1. The molecule has 0 aromatic heterocycles. The van der Waals surface area contributed by atoms with Crippen molar-refractivity contribution < 1.29 is 14.6 Å². The molecule has 1 heterocycles. The first-order valence-electron chi connectivity index (χ1n) is 6.10. The number of fused-ring (bicyclic) bond motifs is 1. The molecule has 1 aliphatic heterocycles. The van der Waals surface area contributed by atoms with Gasteiger partial charge in [-0.2, -0.15) is 0 Å². The summed E-state index contributed by atoms with van der Waals surface area (Å²) in [5, 5.41) is 9.15. The van der Waals surface area contributed by atoms with Gasteiger partial charge in [0.15, 0.2) is 0 Å². The molecule has 1 saturated heterocycles. The highest BCUT2D eigenvalue weighted by atomic mass is 16.5. The van der Waals surface area contributed by atoms with E-state index in [2.05, 4.69) is 4.90 Å². The van der Waals surface area contributed by atoms with Crippen LogP contribution in [0.25, 0.3) is 0 Å². The summed E-state index contributed by atoms with van der Waals surface area (Å²) in [6.45, 7) is 5.85. The number of carbonyl (C=O) groups is 1. The summed E-state index contributed by atoms with van der Waals surface area (Å²) in [6, 6.07) is 0.451. The number of hydrogen-bond acceptors (Lipinski definition) is 3. The van der Waals surface area contributed by atoms with Crippen molar-refractivity contribution in [2.75, 3.05) is 19.7 Å². The second-order valence-corrected chi connectivity index (χ2v) is 5.57. The van der Waals surface area contributed by atoms with Crippen molar-refractivity contribution in [1.82, 2.24) is 4.90 Å². The summed E-state index contributed by atoms with van der Waals surface area (Å²) in [7, 11) is 0. The Morgan fingerprint density at radius 1 is 1.50 bits per heavy atom. The lowest BCUT2D eigenvalue weighted by atomic mass is 9.92. The van der Waals surface area contributed by atoms with Crippen LogP contribution in [-0.2, 0) is 9.53 Å². The van der Waals surface area contributed by atoms with E-state index in [1.54, 1.807) is 13.8 Å². The molecule has 0 radical (unpaired) electrons. The largest absolute Gasteiger partial charge is 0.481 e. The van der Waals surface area contributed by atoms with Gasteiger partial charge in [-0.05, 0) is 33.1 Å². The second kappa shape index (κ2) is 4.34. The standard InChI is InChI=1S/C12H21NO3/c1-12(2,11(14)15)8-13-6-7-16-10-5-3-4-9(10)13/h9-10H,3-8H2,1-2H3,(H,14,15). The van der Waals surface area contributed by atoms with Crippen molar-refractivity contribution in [3.8, 4) is 0 Å². The molecule has 92 valence electrons. The Bertz CT molecular complexity index is 277. The van der Waals surface area contributed by atoms with Crippen LogP contribution >= 0.6 is 0 Å². The van der Waals surface area contributed by atoms with Gasteiger partial charge in [0.1, 0.15) is 0 Å². The normalized spacial score (nSPS) is 31.4. The van der Waals surface area contributed by atoms with Gasteiger partial charge in [0.05, 0.1) is 18.1 Å². The lowest BCUT2D eigenvalue weighted by molar-refractivity contribution is -0.150. The lowest BCUT2D eigenvalue weighted by Crippen LogP contribution is -2.52. The molecule has 1 N–H and O–H groups in total. The van der Waals surface area contributed by atoms with Crippen molar-refractivity contribution in [2.24, 2.45) is 5.41 Å².